The van der Waals surface area contributed by atoms with Crippen molar-refractivity contribution in [1.82, 2.24) is 14.7 Å². The van der Waals surface area contributed by atoms with Gasteiger partial charge in [0.05, 0.1) is 11.6 Å². The molecule has 0 radical (unpaired) electrons. The number of nitrogens with one attached hydrogen (secondary N) is 1. The predicted octanol–water partition coefficient (Wildman–Crippen LogP) is 5.28. The van der Waals surface area contributed by atoms with Gasteiger partial charge in [-0.05, 0) is 55.0 Å². The molecule has 0 spiro atoms. The number of fused-ring (bicyclic) bond motifs is 1. The summed E-state index contributed by atoms with van der Waals surface area (Å²) in [6.07, 6.45) is 1.83. The number of carbonyl (C=O) groups is 1. The van der Waals surface area contributed by atoms with Crippen molar-refractivity contribution in [1.29, 1.82) is 0 Å². The maximum atomic E-state index is 13.3. The first-order chi connectivity index (χ1) is 13.5. The van der Waals surface area contributed by atoms with Gasteiger partial charge in [0, 0.05) is 16.8 Å². The average molecular weight is 394 g/mol. The standard InChI is InChI=1S/C22H17ClFN3O/c1-14(17-6-2-3-7-18(17)23)25-22(28)20-19-8-4-5-13-27(19)21(26-20)15-9-11-16(24)12-10-15/h2-14H,1H3,(H,25,28). The zero-order valence-electron chi connectivity index (χ0n) is 15.1. The lowest BCUT2D eigenvalue weighted by Crippen LogP contribution is -2.27. The SMILES string of the molecule is CC(NC(=O)c1nc(-c2ccc(F)cc2)n2ccccc12)c1ccccc1Cl. The molecule has 1 atom stereocenters. The van der Waals surface area contributed by atoms with Gasteiger partial charge < -0.3 is 5.32 Å². The van der Waals surface area contributed by atoms with Crippen molar-refractivity contribution in [2.24, 2.45) is 0 Å². The highest BCUT2D eigenvalue weighted by atomic mass is 35.5. The number of aromatic nitrogens is 2. The van der Waals surface area contributed by atoms with Crippen molar-refractivity contribution in [3.63, 3.8) is 0 Å². The smallest absolute Gasteiger partial charge is 0.272 e. The van der Waals surface area contributed by atoms with E-state index in [-0.39, 0.29) is 17.8 Å². The molecule has 0 aliphatic heterocycles. The van der Waals surface area contributed by atoms with E-state index in [2.05, 4.69) is 10.3 Å². The van der Waals surface area contributed by atoms with Gasteiger partial charge in [-0.3, -0.25) is 9.20 Å². The van der Waals surface area contributed by atoms with Gasteiger partial charge in [0.1, 0.15) is 11.6 Å². The van der Waals surface area contributed by atoms with Gasteiger partial charge in [0.2, 0.25) is 0 Å². The summed E-state index contributed by atoms with van der Waals surface area (Å²) in [5, 5.41) is 3.55. The second-order valence-electron chi connectivity index (χ2n) is 6.46. The second kappa shape index (κ2) is 7.44. The minimum Gasteiger partial charge on any atom is -0.344 e. The van der Waals surface area contributed by atoms with Gasteiger partial charge in [0.15, 0.2) is 5.69 Å². The Balaban J connectivity index is 1.71. The second-order valence-corrected chi connectivity index (χ2v) is 6.87. The van der Waals surface area contributed by atoms with Crippen LogP contribution < -0.4 is 5.32 Å². The fourth-order valence-corrected chi connectivity index (χ4v) is 3.48. The Labute approximate surface area is 166 Å². The molecule has 140 valence electrons. The minimum absolute atomic E-state index is 0.282. The molecule has 2 heterocycles. The van der Waals surface area contributed by atoms with Crippen LogP contribution in [0.5, 0.6) is 0 Å². The number of rotatable bonds is 4. The third-order valence-corrected chi connectivity index (χ3v) is 4.93. The number of carbonyl (C=O) groups excluding carboxylic acids is 1. The van der Waals surface area contributed by atoms with E-state index in [0.717, 1.165) is 11.1 Å². The molecule has 4 nitrogen and oxygen atoms in total. The van der Waals surface area contributed by atoms with E-state index < -0.39 is 0 Å². The van der Waals surface area contributed by atoms with E-state index in [1.54, 1.807) is 18.2 Å². The first kappa shape index (κ1) is 18.2. The van der Waals surface area contributed by atoms with Crippen LogP contribution in [0.4, 0.5) is 4.39 Å². The van der Waals surface area contributed by atoms with E-state index in [9.17, 15) is 9.18 Å². The molecule has 0 saturated carbocycles. The number of pyridine rings is 1. The highest BCUT2D eigenvalue weighted by Gasteiger charge is 2.20. The summed E-state index contributed by atoms with van der Waals surface area (Å²) < 4.78 is 15.1. The monoisotopic (exact) mass is 393 g/mol. The van der Waals surface area contributed by atoms with Crippen LogP contribution in [-0.2, 0) is 0 Å². The van der Waals surface area contributed by atoms with Crippen LogP contribution in [0.15, 0.2) is 72.9 Å². The van der Waals surface area contributed by atoms with Crippen molar-refractivity contribution < 1.29 is 9.18 Å². The third-order valence-electron chi connectivity index (χ3n) is 4.59. The molecule has 4 rings (SSSR count). The molecule has 1 N–H and O–H groups in total. The highest BCUT2D eigenvalue weighted by molar-refractivity contribution is 6.31. The Morgan fingerprint density at radius 1 is 1.07 bits per heavy atom. The first-order valence-electron chi connectivity index (χ1n) is 8.83. The molecule has 2 aromatic heterocycles. The molecule has 0 bridgehead atoms. The molecular weight excluding hydrogens is 377 g/mol. The molecule has 2 aromatic carbocycles. The molecule has 1 amide bonds. The van der Waals surface area contributed by atoms with E-state index >= 15 is 0 Å². The molecule has 0 aliphatic rings. The average Bonchev–Trinajstić information content (AvgIpc) is 3.09. The Bertz CT molecular complexity index is 1150. The van der Waals surface area contributed by atoms with Crippen LogP contribution in [0.25, 0.3) is 16.9 Å². The molecule has 6 heteroatoms. The Hall–Kier alpha value is -3.18. The van der Waals surface area contributed by atoms with Crippen molar-refractivity contribution in [3.05, 3.63) is 95.0 Å². The maximum absolute atomic E-state index is 13.3. The van der Waals surface area contributed by atoms with Crippen molar-refractivity contribution in [2.75, 3.05) is 0 Å². The largest absolute Gasteiger partial charge is 0.344 e. The number of nitrogens with zero attached hydrogens (tertiary/aromatic N) is 2. The molecule has 1 unspecified atom stereocenters. The van der Waals surface area contributed by atoms with Crippen LogP contribution in [-0.4, -0.2) is 15.3 Å². The number of hydrogen-bond acceptors (Lipinski definition) is 2. The number of imidazole rings is 1. The van der Waals surface area contributed by atoms with E-state index in [4.69, 9.17) is 11.6 Å². The number of amides is 1. The third kappa shape index (κ3) is 3.37. The topological polar surface area (TPSA) is 46.4 Å². The van der Waals surface area contributed by atoms with E-state index in [1.165, 1.54) is 12.1 Å². The van der Waals surface area contributed by atoms with Crippen molar-refractivity contribution >= 4 is 23.0 Å². The van der Waals surface area contributed by atoms with E-state index in [0.29, 0.717) is 22.1 Å². The molecule has 0 saturated heterocycles. The summed E-state index contributed by atoms with van der Waals surface area (Å²) in [5.41, 5.74) is 2.53. The first-order valence-corrected chi connectivity index (χ1v) is 9.20. The zero-order chi connectivity index (χ0) is 19.7. The highest BCUT2D eigenvalue weighted by Crippen LogP contribution is 2.25. The fourth-order valence-electron chi connectivity index (χ4n) is 3.18. The summed E-state index contributed by atoms with van der Waals surface area (Å²) in [5.74, 6) is -0.0493. The van der Waals surface area contributed by atoms with Crippen LogP contribution in [0.3, 0.4) is 0 Å². The van der Waals surface area contributed by atoms with Gasteiger partial charge in [0.25, 0.3) is 5.91 Å². The minimum atomic E-state index is -0.323. The summed E-state index contributed by atoms with van der Waals surface area (Å²) in [4.78, 5) is 17.5. The van der Waals surface area contributed by atoms with Gasteiger partial charge >= 0.3 is 0 Å². The zero-order valence-corrected chi connectivity index (χ0v) is 15.8. The fraction of sp³-hybridized carbons (Fsp3) is 0.0909. The Morgan fingerprint density at radius 2 is 1.79 bits per heavy atom. The van der Waals surface area contributed by atoms with E-state index in [1.807, 2.05) is 53.9 Å². The van der Waals surface area contributed by atoms with Crippen molar-refractivity contribution in [2.45, 2.75) is 13.0 Å². The lowest BCUT2D eigenvalue weighted by molar-refractivity contribution is 0.0937. The van der Waals surface area contributed by atoms with Gasteiger partial charge in [-0.2, -0.15) is 0 Å². The molecule has 28 heavy (non-hydrogen) atoms. The Kier molecular flexibility index (Phi) is 4.84. The maximum Gasteiger partial charge on any atom is 0.272 e. The van der Waals surface area contributed by atoms with Gasteiger partial charge in [-0.15, -0.1) is 0 Å². The normalized spacial score (nSPS) is 12.1. The molecule has 0 aliphatic carbocycles. The molecule has 4 aromatic rings. The summed E-state index contributed by atoms with van der Waals surface area (Å²) in [6, 6.07) is 18.7. The molecule has 0 fully saturated rings. The van der Waals surface area contributed by atoms with Crippen molar-refractivity contribution in [3.8, 4) is 11.4 Å². The van der Waals surface area contributed by atoms with Crippen LogP contribution in [0.2, 0.25) is 5.02 Å². The van der Waals surface area contributed by atoms with Gasteiger partial charge in [-0.1, -0.05) is 35.9 Å². The number of halogens is 2. The lowest BCUT2D eigenvalue weighted by atomic mass is 10.1. The summed E-state index contributed by atoms with van der Waals surface area (Å²) in [6.45, 7) is 1.87. The quantitative estimate of drug-likeness (QED) is 0.512. The Morgan fingerprint density at radius 3 is 2.54 bits per heavy atom. The summed E-state index contributed by atoms with van der Waals surface area (Å²) in [7, 11) is 0. The lowest BCUT2D eigenvalue weighted by Gasteiger charge is -2.15. The molecular formula is C22H17ClFN3O. The number of benzene rings is 2. The van der Waals surface area contributed by atoms with Crippen LogP contribution in [0, 0.1) is 5.82 Å². The van der Waals surface area contributed by atoms with Gasteiger partial charge in [-0.25, -0.2) is 9.37 Å². The number of hydrogen-bond donors (Lipinski definition) is 1. The van der Waals surface area contributed by atoms with Crippen LogP contribution in [0.1, 0.15) is 29.0 Å². The van der Waals surface area contributed by atoms with Crippen LogP contribution >= 0.6 is 11.6 Å². The summed E-state index contributed by atoms with van der Waals surface area (Å²) >= 11 is 6.24. The predicted molar refractivity (Wildman–Crippen MR) is 108 cm³/mol.